The van der Waals surface area contributed by atoms with Gasteiger partial charge in [0.2, 0.25) is 5.91 Å². The number of amides is 1. The van der Waals surface area contributed by atoms with Gasteiger partial charge in [-0.25, -0.2) is 4.39 Å². The fourth-order valence-corrected chi connectivity index (χ4v) is 4.18. The second-order valence-electron chi connectivity index (χ2n) is 8.06. The molecule has 0 bridgehead atoms. The fourth-order valence-electron chi connectivity index (χ4n) is 3.95. The molecule has 5 heteroatoms. The van der Waals surface area contributed by atoms with Crippen LogP contribution in [-0.2, 0) is 11.3 Å². The summed E-state index contributed by atoms with van der Waals surface area (Å²) >= 11 is 6.15. The lowest BCUT2D eigenvalue weighted by molar-refractivity contribution is -0.127. The number of halogens is 2. The maximum absolute atomic E-state index is 14.0. The lowest BCUT2D eigenvalue weighted by Gasteiger charge is -2.32. The van der Waals surface area contributed by atoms with Gasteiger partial charge in [0.25, 0.3) is 0 Å². The second kappa shape index (κ2) is 9.73. The number of carbonyl (C=O) groups is 1. The number of carbonyl (C=O) groups excluding carboxylic acids is 1. The summed E-state index contributed by atoms with van der Waals surface area (Å²) in [5, 5.41) is 3.71. The second-order valence-corrected chi connectivity index (χ2v) is 8.47. The number of benzene rings is 2. The molecule has 156 valence electrons. The van der Waals surface area contributed by atoms with Crippen molar-refractivity contribution in [2.75, 3.05) is 13.1 Å². The van der Waals surface area contributed by atoms with E-state index < -0.39 is 0 Å². The Hall–Kier alpha value is -1.91. The van der Waals surface area contributed by atoms with E-state index in [1.54, 1.807) is 12.1 Å². The van der Waals surface area contributed by atoms with E-state index in [0.717, 1.165) is 37.9 Å². The number of likely N-dealkylation sites (tertiary alicyclic amines) is 1. The van der Waals surface area contributed by atoms with Gasteiger partial charge in [0.15, 0.2) is 0 Å². The van der Waals surface area contributed by atoms with Gasteiger partial charge < -0.3 is 5.32 Å². The normalized spacial score (nSPS) is 16.6. The molecule has 1 heterocycles. The Morgan fingerprint density at radius 1 is 1.21 bits per heavy atom. The van der Waals surface area contributed by atoms with E-state index in [1.165, 1.54) is 17.2 Å². The van der Waals surface area contributed by atoms with Gasteiger partial charge in [-0.05, 0) is 75.0 Å². The molecule has 1 atom stereocenters. The SMILES string of the molecule is CCC(NC(=O)C1CCN(Cc2c(F)cccc2Cl)CC1)c1ccc(C)c(C)c1. The van der Waals surface area contributed by atoms with E-state index in [0.29, 0.717) is 17.1 Å². The third kappa shape index (κ3) is 5.37. The molecule has 1 aliphatic rings. The molecule has 3 nitrogen and oxygen atoms in total. The van der Waals surface area contributed by atoms with Crippen molar-refractivity contribution in [2.24, 2.45) is 5.92 Å². The van der Waals surface area contributed by atoms with Crippen molar-refractivity contribution in [3.8, 4) is 0 Å². The molecule has 1 amide bonds. The van der Waals surface area contributed by atoms with E-state index in [2.05, 4.69) is 49.2 Å². The average molecular weight is 417 g/mol. The van der Waals surface area contributed by atoms with Gasteiger partial charge in [0, 0.05) is 23.0 Å². The molecule has 1 N–H and O–H groups in total. The molecule has 0 spiro atoms. The molecule has 1 unspecified atom stereocenters. The van der Waals surface area contributed by atoms with Crippen LogP contribution in [0.3, 0.4) is 0 Å². The standard InChI is InChI=1S/C24H30ClFN2O/c1-4-23(19-9-8-16(2)17(3)14-19)27-24(29)18-10-12-28(13-11-18)15-20-21(25)6-5-7-22(20)26/h5-9,14,18,23H,4,10-13,15H2,1-3H3,(H,27,29). The molecular weight excluding hydrogens is 387 g/mol. The first kappa shape index (κ1) is 21.8. The highest BCUT2D eigenvalue weighted by Crippen LogP contribution is 2.26. The molecule has 0 aliphatic carbocycles. The molecule has 1 saturated heterocycles. The fraction of sp³-hybridized carbons (Fsp3) is 0.458. The van der Waals surface area contributed by atoms with E-state index in [4.69, 9.17) is 11.6 Å². The zero-order chi connectivity index (χ0) is 21.0. The Morgan fingerprint density at radius 3 is 2.55 bits per heavy atom. The van der Waals surface area contributed by atoms with Crippen molar-refractivity contribution in [1.29, 1.82) is 0 Å². The quantitative estimate of drug-likeness (QED) is 0.667. The summed E-state index contributed by atoms with van der Waals surface area (Å²) in [6.45, 7) is 8.32. The first-order valence-electron chi connectivity index (χ1n) is 10.4. The van der Waals surface area contributed by atoms with Crippen molar-refractivity contribution in [3.63, 3.8) is 0 Å². The Bertz CT molecular complexity index is 842. The zero-order valence-electron chi connectivity index (χ0n) is 17.5. The van der Waals surface area contributed by atoms with E-state index in [-0.39, 0.29) is 23.7 Å². The van der Waals surface area contributed by atoms with Crippen LogP contribution in [0.5, 0.6) is 0 Å². The smallest absolute Gasteiger partial charge is 0.223 e. The third-order valence-corrected chi connectivity index (χ3v) is 6.41. The molecule has 0 saturated carbocycles. The van der Waals surface area contributed by atoms with Crippen molar-refractivity contribution >= 4 is 17.5 Å². The average Bonchev–Trinajstić information content (AvgIpc) is 2.71. The summed E-state index contributed by atoms with van der Waals surface area (Å²) in [5.41, 5.74) is 4.21. The monoisotopic (exact) mass is 416 g/mol. The summed E-state index contributed by atoms with van der Waals surface area (Å²) in [5.74, 6) is -0.141. The predicted molar refractivity (Wildman–Crippen MR) is 117 cm³/mol. The van der Waals surface area contributed by atoms with Gasteiger partial charge >= 0.3 is 0 Å². The molecule has 3 rings (SSSR count). The molecule has 0 radical (unpaired) electrons. The summed E-state index contributed by atoms with van der Waals surface area (Å²) in [4.78, 5) is 15.0. The van der Waals surface area contributed by atoms with Crippen LogP contribution in [0.2, 0.25) is 5.02 Å². The van der Waals surface area contributed by atoms with Crippen LogP contribution in [-0.4, -0.2) is 23.9 Å². The van der Waals surface area contributed by atoms with Crippen LogP contribution in [0, 0.1) is 25.6 Å². The number of nitrogens with one attached hydrogen (secondary N) is 1. The first-order valence-corrected chi connectivity index (χ1v) is 10.8. The van der Waals surface area contributed by atoms with Gasteiger partial charge in [-0.3, -0.25) is 9.69 Å². The number of nitrogens with zero attached hydrogens (tertiary/aromatic N) is 1. The minimum atomic E-state index is -0.267. The van der Waals surface area contributed by atoms with Crippen LogP contribution in [0.15, 0.2) is 36.4 Å². The predicted octanol–water partition coefficient (Wildman–Crippen LogP) is 5.58. The first-order chi connectivity index (χ1) is 13.9. The number of hydrogen-bond acceptors (Lipinski definition) is 2. The molecular formula is C24H30ClFN2O. The van der Waals surface area contributed by atoms with E-state index >= 15 is 0 Å². The van der Waals surface area contributed by atoms with Crippen LogP contribution in [0.4, 0.5) is 4.39 Å². The third-order valence-electron chi connectivity index (χ3n) is 6.06. The van der Waals surface area contributed by atoms with Gasteiger partial charge in [0.05, 0.1) is 6.04 Å². The zero-order valence-corrected chi connectivity index (χ0v) is 18.2. The number of hydrogen-bond donors (Lipinski definition) is 1. The summed E-state index contributed by atoms with van der Waals surface area (Å²) in [7, 11) is 0. The van der Waals surface area contributed by atoms with Crippen molar-refractivity contribution in [1.82, 2.24) is 10.2 Å². The molecule has 1 aliphatic heterocycles. The Kier molecular flexibility index (Phi) is 7.31. The highest BCUT2D eigenvalue weighted by molar-refractivity contribution is 6.31. The minimum absolute atomic E-state index is 0.00272. The summed E-state index contributed by atoms with van der Waals surface area (Å²) < 4.78 is 14.0. The van der Waals surface area contributed by atoms with Gasteiger partial charge in [-0.15, -0.1) is 0 Å². The maximum atomic E-state index is 14.0. The van der Waals surface area contributed by atoms with Crippen LogP contribution < -0.4 is 5.32 Å². The van der Waals surface area contributed by atoms with Crippen molar-refractivity contribution in [2.45, 2.75) is 52.6 Å². The van der Waals surface area contributed by atoms with Gasteiger partial charge in [-0.1, -0.05) is 42.8 Å². The molecule has 1 fully saturated rings. The maximum Gasteiger partial charge on any atom is 0.223 e. The Balaban J connectivity index is 1.56. The Morgan fingerprint density at radius 2 is 1.93 bits per heavy atom. The topological polar surface area (TPSA) is 32.3 Å². The molecule has 2 aromatic carbocycles. The van der Waals surface area contributed by atoms with Crippen molar-refractivity contribution < 1.29 is 9.18 Å². The number of piperidine rings is 1. The summed E-state index contributed by atoms with van der Waals surface area (Å²) in [6, 6.07) is 11.2. The number of aryl methyl sites for hydroxylation is 2. The Labute approximate surface area is 178 Å². The van der Waals surface area contributed by atoms with Gasteiger partial charge in [0.1, 0.15) is 5.82 Å². The van der Waals surface area contributed by atoms with Crippen LogP contribution in [0.25, 0.3) is 0 Å². The van der Waals surface area contributed by atoms with Crippen LogP contribution in [0.1, 0.15) is 54.5 Å². The highest BCUT2D eigenvalue weighted by Gasteiger charge is 2.27. The minimum Gasteiger partial charge on any atom is -0.349 e. The molecule has 2 aromatic rings. The van der Waals surface area contributed by atoms with E-state index in [1.807, 2.05) is 0 Å². The largest absolute Gasteiger partial charge is 0.349 e. The van der Waals surface area contributed by atoms with Gasteiger partial charge in [-0.2, -0.15) is 0 Å². The van der Waals surface area contributed by atoms with E-state index in [9.17, 15) is 9.18 Å². The number of rotatable bonds is 6. The van der Waals surface area contributed by atoms with Crippen LogP contribution >= 0.6 is 11.6 Å². The molecule has 0 aromatic heterocycles. The summed E-state index contributed by atoms with van der Waals surface area (Å²) in [6.07, 6.45) is 2.42. The lowest BCUT2D eigenvalue weighted by Crippen LogP contribution is -2.41. The van der Waals surface area contributed by atoms with Crippen molar-refractivity contribution in [3.05, 3.63) is 69.5 Å². The molecule has 29 heavy (non-hydrogen) atoms. The highest BCUT2D eigenvalue weighted by atomic mass is 35.5. The lowest BCUT2D eigenvalue weighted by atomic mass is 9.94.